The lowest BCUT2D eigenvalue weighted by atomic mass is 10.2. The third-order valence-electron chi connectivity index (χ3n) is 4.29. The topological polar surface area (TPSA) is 86.2 Å². The van der Waals surface area contributed by atoms with Crippen molar-refractivity contribution in [1.29, 1.82) is 0 Å². The predicted molar refractivity (Wildman–Crippen MR) is 97.8 cm³/mol. The Balaban J connectivity index is 1.89. The molecule has 1 aromatic rings. The van der Waals surface area contributed by atoms with Crippen molar-refractivity contribution in [2.45, 2.75) is 32.9 Å². The lowest BCUT2D eigenvalue weighted by molar-refractivity contribution is -0.133. The molecule has 138 valence electrons. The van der Waals surface area contributed by atoms with Crippen LogP contribution >= 0.6 is 0 Å². The number of aliphatic imine (C=N–C) groups is 1. The Morgan fingerprint density at radius 3 is 2.88 bits per heavy atom. The van der Waals surface area contributed by atoms with E-state index in [2.05, 4.69) is 15.6 Å². The van der Waals surface area contributed by atoms with E-state index in [1.54, 1.807) is 32.4 Å². The van der Waals surface area contributed by atoms with E-state index in [9.17, 15) is 9.90 Å². The van der Waals surface area contributed by atoms with Crippen LogP contribution in [0.3, 0.4) is 0 Å². The van der Waals surface area contributed by atoms with Gasteiger partial charge in [-0.3, -0.25) is 9.79 Å². The number of aromatic hydroxyl groups is 1. The second-order valence-corrected chi connectivity index (χ2v) is 6.49. The highest BCUT2D eigenvalue weighted by atomic mass is 16.5. The summed E-state index contributed by atoms with van der Waals surface area (Å²) in [5.41, 5.74) is 0.727. The number of rotatable bonds is 5. The van der Waals surface area contributed by atoms with Crippen LogP contribution in [0.5, 0.6) is 11.5 Å². The first kappa shape index (κ1) is 18.9. The summed E-state index contributed by atoms with van der Waals surface area (Å²) in [6, 6.07) is 5.28. The lowest BCUT2D eigenvalue weighted by Gasteiger charge is -2.20. The zero-order valence-corrected chi connectivity index (χ0v) is 15.4. The second-order valence-electron chi connectivity index (χ2n) is 6.49. The van der Waals surface area contributed by atoms with Gasteiger partial charge in [-0.05, 0) is 24.6 Å². The van der Waals surface area contributed by atoms with Gasteiger partial charge in [-0.2, -0.15) is 0 Å². The normalized spacial score (nSPS) is 17.7. The Labute approximate surface area is 149 Å². The molecule has 2 rings (SSSR count). The fourth-order valence-corrected chi connectivity index (χ4v) is 2.84. The van der Waals surface area contributed by atoms with E-state index in [-0.39, 0.29) is 23.6 Å². The number of hydrogen-bond acceptors (Lipinski definition) is 4. The number of carbonyl (C=O) groups is 1. The number of phenolic OH excluding ortho intramolecular Hbond substituents is 1. The van der Waals surface area contributed by atoms with Gasteiger partial charge in [0.05, 0.1) is 7.11 Å². The van der Waals surface area contributed by atoms with Crippen molar-refractivity contribution >= 4 is 11.9 Å². The van der Waals surface area contributed by atoms with Gasteiger partial charge in [-0.1, -0.05) is 13.8 Å². The van der Waals surface area contributed by atoms with E-state index in [1.807, 2.05) is 18.7 Å². The van der Waals surface area contributed by atoms with Gasteiger partial charge in [0.1, 0.15) is 11.5 Å². The first-order chi connectivity index (χ1) is 11.9. The SMILES string of the molecule is CN=C(NCc1cc(OC)ccc1O)NC1CCN(C(=O)C(C)C)C1. The van der Waals surface area contributed by atoms with Gasteiger partial charge < -0.3 is 25.4 Å². The van der Waals surface area contributed by atoms with Crippen LogP contribution < -0.4 is 15.4 Å². The number of guanidine groups is 1. The van der Waals surface area contributed by atoms with Crippen molar-refractivity contribution in [1.82, 2.24) is 15.5 Å². The summed E-state index contributed by atoms with van der Waals surface area (Å²) in [6.45, 7) is 5.71. The molecule has 0 spiro atoms. The summed E-state index contributed by atoms with van der Waals surface area (Å²) in [6.07, 6.45) is 0.892. The smallest absolute Gasteiger partial charge is 0.225 e. The Hall–Kier alpha value is -2.44. The summed E-state index contributed by atoms with van der Waals surface area (Å²) < 4.78 is 5.18. The molecule has 1 unspecified atom stereocenters. The van der Waals surface area contributed by atoms with Crippen LogP contribution in [0.15, 0.2) is 23.2 Å². The maximum Gasteiger partial charge on any atom is 0.225 e. The standard InChI is InChI=1S/C18H28N4O3/c1-12(2)17(24)22-8-7-14(11-22)21-18(19-3)20-10-13-9-15(25-4)5-6-16(13)23/h5-6,9,12,14,23H,7-8,10-11H2,1-4H3,(H2,19,20,21). The van der Waals surface area contributed by atoms with Gasteiger partial charge >= 0.3 is 0 Å². The number of hydrogen-bond donors (Lipinski definition) is 3. The molecular weight excluding hydrogens is 320 g/mol. The number of methoxy groups -OCH3 is 1. The number of amides is 1. The number of likely N-dealkylation sites (tertiary alicyclic amines) is 1. The molecule has 0 radical (unpaired) electrons. The van der Waals surface area contributed by atoms with Crippen LogP contribution in [0.4, 0.5) is 0 Å². The number of phenols is 1. The molecule has 1 amide bonds. The number of ether oxygens (including phenoxy) is 1. The van der Waals surface area contributed by atoms with Crippen LogP contribution in [-0.4, -0.2) is 55.2 Å². The number of carbonyl (C=O) groups excluding carboxylic acids is 1. The van der Waals surface area contributed by atoms with E-state index < -0.39 is 0 Å². The molecule has 1 aromatic carbocycles. The molecule has 7 heteroatoms. The van der Waals surface area contributed by atoms with Gasteiger partial charge in [0, 0.05) is 44.2 Å². The summed E-state index contributed by atoms with van der Waals surface area (Å²) in [5.74, 6) is 1.75. The van der Waals surface area contributed by atoms with Crippen LogP contribution in [0.1, 0.15) is 25.8 Å². The average molecular weight is 348 g/mol. The average Bonchev–Trinajstić information content (AvgIpc) is 3.07. The molecule has 0 bridgehead atoms. The highest BCUT2D eigenvalue weighted by Crippen LogP contribution is 2.22. The maximum atomic E-state index is 12.1. The third kappa shape index (κ3) is 5.01. The first-order valence-corrected chi connectivity index (χ1v) is 8.56. The summed E-state index contributed by atoms with van der Waals surface area (Å²) in [5, 5.41) is 16.5. The zero-order chi connectivity index (χ0) is 18.4. The third-order valence-corrected chi connectivity index (χ3v) is 4.29. The Morgan fingerprint density at radius 2 is 2.24 bits per heavy atom. The van der Waals surface area contributed by atoms with Crippen LogP contribution in [-0.2, 0) is 11.3 Å². The van der Waals surface area contributed by atoms with E-state index in [4.69, 9.17) is 4.74 Å². The second kappa shape index (κ2) is 8.60. The molecule has 0 aliphatic carbocycles. The Morgan fingerprint density at radius 1 is 1.48 bits per heavy atom. The minimum Gasteiger partial charge on any atom is -0.508 e. The molecule has 3 N–H and O–H groups in total. The van der Waals surface area contributed by atoms with E-state index >= 15 is 0 Å². The molecule has 1 fully saturated rings. The van der Waals surface area contributed by atoms with Crippen LogP contribution in [0, 0.1) is 5.92 Å². The highest BCUT2D eigenvalue weighted by molar-refractivity contribution is 5.81. The Kier molecular flexibility index (Phi) is 6.50. The fourth-order valence-electron chi connectivity index (χ4n) is 2.84. The molecule has 25 heavy (non-hydrogen) atoms. The van der Waals surface area contributed by atoms with Gasteiger partial charge in [-0.15, -0.1) is 0 Å². The highest BCUT2D eigenvalue weighted by Gasteiger charge is 2.27. The van der Waals surface area contributed by atoms with E-state index in [0.29, 0.717) is 24.8 Å². The maximum absolute atomic E-state index is 12.1. The van der Waals surface area contributed by atoms with Gasteiger partial charge in [-0.25, -0.2) is 0 Å². The first-order valence-electron chi connectivity index (χ1n) is 8.56. The van der Waals surface area contributed by atoms with Crippen molar-refractivity contribution in [3.05, 3.63) is 23.8 Å². The number of nitrogens with one attached hydrogen (secondary N) is 2. The molecule has 1 heterocycles. The van der Waals surface area contributed by atoms with Crippen molar-refractivity contribution in [2.24, 2.45) is 10.9 Å². The van der Waals surface area contributed by atoms with Crippen LogP contribution in [0.25, 0.3) is 0 Å². The monoisotopic (exact) mass is 348 g/mol. The summed E-state index contributed by atoms with van der Waals surface area (Å²) in [4.78, 5) is 18.2. The van der Waals surface area contributed by atoms with Gasteiger partial charge in [0.15, 0.2) is 5.96 Å². The molecule has 7 nitrogen and oxygen atoms in total. The quantitative estimate of drug-likeness (QED) is 0.552. The van der Waals surface area contributed by atoms with Crippen LogP contribution in [0.2, 0.25) is 0 Å². The molecular formula is C18H28N4O3. The molecule has 1 atom stereocenters. The molecule has 0 aromatic heterocycles. The van der Waals surface area contributed by atoms with Crippen molar-refractivity contribution in [2.75, 3.05) is 27.2 Å². The number of benzene rings is 1. The molecule has 1 saturated heterocycles. The fraction of sp³-hybridized carbons (Fsp3) is 0.556. The molecule has 1 aliphatic rings. The zero-order valence-electron chi connectivity index (χ0n) is 15.4. The summed E-state index contributed by atoms with van der Waals surface area (Å²) in [7, 11) is 3.29. The lowest BCUT2D eigenvalue weighted by Crippen LogP contribution is -2.45. The van der Waals surface area contributed by atoms with Crippen molar-refractivity contribution in [3.8, 4) is 11.5 Å². The van der Waals surface area contributed by atoms with Crippen molar-refractivity contribution < 1.29 is 14.6 Å². The van der Waals surface area contributed by atoms with E-state index in [0.717, 1.165) is 18.5 Å². The van der Waals surface area contributed by atoms with Crippen molar-refractivity contribution in [3.63, 3.8) is 0 Å². The van der Waals surface area contributed by atoms with E-state index in [1.165, 1.54) is 0 Å². The predicted octanol–water partition coefficient (Wildman–Crippen LogP) is 1.32. The Bertz CT molecular complexity index is 631. The minimum absolute atomic E-state index is 0.0206. The van der Waals surface area contributed by atoms with Gasteiger partial charge in [0.25, 0.3) is 0 Å². The summed E-state index contributed by atoms with van der Waals surface area (Å²) >= 11 is 0. The number of nitrogens with zero attached hydrogens (tertiary/aromatic N) is 2. The largest absolute Gasteiger partial charge is 0.508 e. The minimum atomic E-state index is 0.0206. The molecule has 0 saturated carbocycles. The van der Waals surface area contributed by atoms with Gasteiger partial charge in [0.2, 0.25) is 5.91 Å². The molecule has 1 aliphatic heterocycles.